The molecule has 0 saturated heterocycles. The van der Waals surface area contributed by atoms with Gasteiger partial charge in [0.2, 0.25) is 0 Å². The van der Waals surface area contributed by atoms with Crippen molar-refractivity contribution >= 4 is 23.1 Å². The molecule has 2 aromatic carbocycles. The molecule has 0 spiro atoms. The fraction of sp³-hybridized carbons (Fsp3) is 0.238. The second-order valence-electron chi connectivity index (χ2n) is 6.36. The Hall–Kier alpha value is -3.39. The Morgan fingerprint density at radius 3 is 2.31 bits per heavy atom. The van der Waals surface area contributed by atoms with Gasteiger partial charge in [0.15, 0.2) is 0 Å². The number of carbonyl (C=O) groups is 2. The van der Waals surface area contributed by atoms with Gasteiger partial charge in [-0.25, -0.2) is 9.29 Å². The third-order valence-electron chi connectivity index (χ3n) is 4.64. The number of methoxy groups -OCH3 is 2. The quantitative estimate of drug-likeness (QED) is 0.717. The average molecular weight is 400 g/mol. The largest absolute Gasteiger partial charge is 0.497 e. The number of hydrogen-bond donors (Lipinski definition) is 1. The van der Waals surface area contributed by atoms with Crippen molar-refractivity contribution in [3.05, 3.63) is 59.5 Å². The molecule has 29 heavy (non-hydrogen) atoms. The first-order valence-corrected chi connectivity index (χ1v) is 8.86. The molecule has 1 aliphatic rings. The predicted molar refractivity (Wildman–Crippen MR) is 105 cm³/mol. The van der Waals surface area contributed by atoms with Crippen molar-refractivity contribution in [2.24, 2.45) is 0 Å². The number of hydrogen-bond acceptors (Lipinski definition) is 6. The fourth-order valence-electron chi connectivity index (χ4n) is 3.20. The zero-order chi connectivity index (χ0) is 21.1. The lowest BCUT2D eigenvalue weighted by Gasteiger charge is -2.21. The van der Waals surface area contributed by atoms with Crippen LogP contribution < -0.4 is 14.4 Å². The third kappa shape index (κ3) is 3.66. The van der Waals surface area contributed by atoms with E-state index < -0.39 is 17.6 Å². The van der Waals surface area contributed by atoms with Crippen LogP contribution in [0.1, 0.15) is 5.56 Å². The highest BCUT2D eigenvalue weighted by molar-refractivity contribution is 6.45. The van der Waals surface area contributed by atoms with Crippen LogP contribution in [0.25, 0.3) is 5.57 Å². The van der Waals surface area contributed by atoms with Crippen molar-refractivity contribution in [2.45, 2.75) is 0 Å². The van der Waals surface area contributed by atoms with Gasteiger partial charge in [-0.3, -0.25) is 9.59 Å². The maximum atomic E-state index is 13.4. The van der Waals surface area contributed by atoms with E-state index in [9.17, 15) is 19.1 Å². The zero-order valence-electron chi connectivity index (χ0n) is 16.3. The maximum Gasteiger partial charge on any atom is 0.282 e. The van der Waals surface area contributed by atoms with Gasteiger partial charge >= 0.3 is 0 Å². The number of imide groups is 1. The molecular formula is C21H21FN2O5. The normalized spacial score (nSPS) is 13.9. The Morgan fingerprint density at radius 2 is 1.72 bits per heavy atom. The number of likely N-dealkylation sites (N-methyl/N-ethyl adjacent to an activating group) is 1. The SMILES string of the molecule is COc1ccc(N2C(=O)C(c3ccc(F)cc3)=C(N(C)CCO)C2=O)c(OC)c1. The Balaban J connectivity index is 2.14. The third-order valence-corrected chi connectivity index (χ3v) is 4.64. The van der Waals surface area contributed by atoms with E-state index >= 15 is 0 Å². The molecule has 1 aliphatic heterocycles. The standard InChI is InChI=1S/C21H21FN2O5/c1-23(10-11-25)19-18(13-4-6-14(22)7-5-13)20(26)24(21(19)27)16-9-8-15(28-2)12-17(16)29-3/h4-9,12,25H,10-11H2,1-3H3. The summed E-state index contributed by atoms with van der Waals surface area (Å²) >= 11 is 0. The topological polar surface area (TPSA) is 79.3 Å². The number of rotatable bonds is 7. The summed E-state index contributed by atoms with van der Waals surface area (Å²) in [6.07, 6.45) is 0. The summed E-state index contributed by atoms with van der Waals surface area (Å²) in [5.41, 5.74) is 0.909. The second kappa shape index (κ2) is 8.32. The minimum atomic E-state index is -0.565. The van der Waals surface area contributed by atoms with Gasteiger partial charge in [-0.15, -0.1) is 0 Å². The van der Waals surface area contributed by atoms with Crippen LogP contribution in [0.4, 0.5) is 10.1 Å². The Bertz CT molecular complexity index is 972. The number of aliphatic hydroxyl groups excluding tert-OH is 1. The van der Waals surface area contributed by atoms with Crippen molar-refractivity contribution in [2.75, 3.05) is 39.3 Å². The van der Waals surface area contributed by atoms with Gasteiger partial charge in [0.05, 0.1) is 32.1 Å². The molecule has 0 atom stereocenters. The van der Waals surface area contributed by atoms with E-state index in [0.717, 1.165) is 4.90 Å². The molecule has 7 nitrogen and oxygen atoms in total. The molecule has 1 heterocycles. The fourth-order valence-corrected chi connectivity index (χ4v) is 3.20. The first kappa shape index (κ1) is 20.3. The van der Waals surface area contributed by atoms with E-state index in [1.807, 2.05) is 0 Å². The highest BCUT2D eigenvalue weighted by Crippen LogP contribution is 2.39. The first-order chi connectivity index (χ1) is 13.9. The van der Waals surface area contributed by atoms with Crippen LogP contribution >= 0.6 is 0 Å². The molecule has 0 fully saturated rings. The van der Waals surface area contributed by atoms with Crippen LogP contribution in [0.3, 0.4) is 0 Å². The van der Waals surface area contributed by atoms with Crippen molar-refractivity contribution in [3.8, 4) is 11.5 Å². The lowest BCUT2D eigenvalue weighted by atomic mass is 10.0. The number of aliphatic hydroxyl groups is 1. The molecule has 8 heteroatoms. The van der Waals surface area contributed by atoms with Crippen LogP contribution in [0.2, 0.25) is 0 Å². The second-order valence-corrected chi connectivity index (χ2v) is 6.36. The average Bonchev–Trinajstić information content (AvgIpc) is 2.98. The highest BCUT2D eigenvalue weighted by Gasteiger charge is 2.42. The van der Waals surface area contributed by atoms with E-state index in [-0.39, 0.29) is 35.9 Å². The molecule has 0 radical (unpaired) electrons. The van der Waals surface area contributed by atoms with E-state index in [2.05, 4.69) is 0 Å². The lowest BCUT2D eigenvalue weighted by molar-refractivity contribution is -0.120. The maximum absolute atomic E-state index is 13.4. The molecule has 2 amide bonds. The summed E-state index contributed by atoms with van der Waals surface area (Å²) in [5, 5.41) is 9.31. The number of halogens is 1. The van der Waals surface area contributed by atoms with Crippen molar-refractivity contribution in [3.63, 3.8) is 0 Å². The Labute approximate surface area is 167 Å². The molecule has 0 aromatic heterocycles. The van der Waals surface area contributed by atoms with Crippen LogP contribution in [-0.2, 0) is 9.59 Å². The van der Waals surface area contributed by atoms with Gasteiger partial charge in [0.1, 0.15) is 23.0 Å². The Kier molecular flexibility index (Phi) is 5.84. The molecule has 2 aromatic rings. The lowest BCUT2D eigenvalue weighted by Crippen LogP contribution is -2.35. The van der Waals surface area contributed by atoms with Crippen LogP contribution in [-0.4, -0.2) is 56.2 Å². The van der Waals surface area contributed by atoms with E-state index in [4.69, 9.17) is 9.47 Å². The van der Waals surface area contributed by atoms with Crippen LogP contribution in [0.15, 0.2) is 48.2 Å². The first-order valence-electron chi connectivity index (χ1n) is 8.86. The van der Waals surface area contributed by atoms with Gasteiger partial charge in [0.25, 0.3) is 11.8 Å². The summed E-state index contributed by atoms with van der Waals surface area (Å²) in [5.74, 6) is -0.784. The summed E-state index contributed by atoms with van der Waals surface area (Å²) in [4.78, 5) is 29.1. The van der Waals surface area contributed by atoms with Crippen molar-refractivity contribution in [1.29, 1.82) is 0 Å². The minimum Gasteiger partial charge on any atom is -0.497 e. The number of benzene rings is 2. The number of amides is 2. The molecule has 3 rings (SSSR count). The molecule has 0 aliphatic carbocycles. The summed E-state index contributed by atoms with van der Waals surface area (Å²) in [6, 6.07) is 10.1. The number of nitrogens with zero attached hydrogens (tertiary/aromatic N) is 2. The Morgan fingerprint density at radius 1 is 1.03 bits per heavy atom. The molecule has 0 bridgehead atoms. The van der Waals surface area contributed by atoms with Crippen LogP contribution in [0.5, 0.6) is 11.5 Å². The molecular weight excluding hydrogens is 379 g/mol. The van der Waals surface area contributed by atoms with Crippen molar-refractivity contribution < 1.29 is 28.6 Å². The van der Waals surface area contributed by atoms with Gasteiger partial charge in [-0.2, -0.15) is 0 Å². The number of ether oxygens (including phenoxy) is 2. The summed E-state index contributed by atoms with van der Waals surface area (Å²) in [6.45, 7) is -0.0589. The number of carbonyl (C=O) groups excluding carboxylic acids is 2. The molecule has 0 saturated carbocycles. The zero-order valence-corrected chi connectivity index (χ0v) is 16.3. The monoisotopic (exact) mass is 400 g/mol. The molecule has 0 unspecified atom stereocenters. The predicted octanol–water partition coefficient (Wildman–Crippen LogP) is 2.05. The van der Waals surface area contributed by atoms with E-state index in [0.29, 0.717) is 11.3 Å². The number of anilines is 1. The summed E-state index contributed by atoms with van der Waals surface area (Å²) in [7, 11) is 4.53. The molecule has 152 valence electrons. The van der Waals surface area contributed by atoms with E-state index in [1.54, 1.807) is 25.2 Å². The van der Waals surface area contributed by atoms with Crippen molar-refractivity contribution in [1.82, 2.24) is 4.90 Å². The minimum absolute atomic E-state index is 0.119. The van der Waals surface area contributed by atoms with Crippen LogP contribution in [0, 0.1) is 5.82 Å². The smallest absolute Gasteiger partial charge is 0.282 e. The van der Waals surface area contributed by atoms with Gasteiger partial charge in [0, 0.05) is 19.7 Å². The van der Waals surface area contributed by atoms with E-state index in [1.165, 1.54) is 43.4 Å². The van der Waals surface area contributed by atoms with Gasteiger partial charge in [-0.05, 0) is 29.8 Å². The van der Waals surface area contributed by atoms with Gasteiger partial charge < -0.3 is 19.5 Å². The summed E-state index contributed by atoms with van der Waals surface area (Å²) < 4.78 is 23.9. The molecule has 1 N–H and O–H groups in total. The highest BCUT2D eigenvalue weighted by atomic mass is 19.1. The van der Waals surface area contributed by atoms with Gasteiger partial charge in [-0.1, -0.05) is 12.1 Å².